The second-order valence-corrected chi connectivity index (χ2v) is 9.10. The van der Waals surface area contributed by atoms with E-state index in [1.54, 1.807) is 0 Å². The van der Waals surface area contributed by atoms with E-state index >= 15 is 0 Å². The van der Waals surface area contributed by atoms with E-state index in [2.05, 4.69) is 40.1 Å². The molecular formula is C23H29F6N3O7. The van der Waals surface area contributed by atoms with Gasteiger partial charge in [0.1, 0.15) is 11.6 Å². The Morgan fingerprint density at radius 2 is 1.51 bits per heavy atom. The van der Waals surface area contributed by atoms with E-state index in [-0.39, 0.29) is 17.6 Å². The maximum absolute atomic E-state index is 12.5. The summed E-state index contributed by atoms with van der Waals surface area (Å²) in [6.07, 6.45) is -8.18. The van der Waals surface area contributed by atoms with Crippen molar-refractivity contribution in [1.29, 1.82) is 0 Å². The predicted molar refractivity (Wildman–Crippen MR) is 121 cm³/mol. The fourth-order valence-corrected chi connectivity index (χ4v) is 4.09. The molecule has 39 heavy (non-hydrogen) atoms. The number of nitrogens with zero attached hydrogens (tertiary/aromatic N) is 3. The number of likely N-dealkylation sites (N-methyl/N-ethyl adjacent to an activating group) is 1. The van der Waals surface area contributed by atoms with Gasteiger partial charge in [0.2, 0.25) is 0 Å². The fraction of sp³-hybridized carbons (Fsp3) is 0.609. The maximum atomic E-state index is 12.5. The van der Waals surface area contributed by atoms with Crippen LogP contribution in [0.3, 0.4) is 0 Å². The van der Waals surface area contributed by atoms with Crippen LogP contribution in [0.15, 0.2) is 30.3 Å². The van der Waals surface area contributed by atoms with Gasteiger partial charge in [-0.2, -0.15) is 26.3 Å². The van der Waals surface area contributed by atoms with Gasteiger partial charge in [0.15, 0.2) is 0 Å². The number of carboxylic acid groups (broad SMARTS) is 2. The van der Waals surface area contributed by atoms with Crippen molar-refractivity contribution >= 4 is 17.8 Å². The Morgan fingerprint density at radius 1 is 0.974 bits per heavy atom. The minimum atomic E-state index is -5.08. The summed E-state index contributed by atoms with van der Waals surface area (Å²) in [6, 6.07) is 10.4. The molecule has 10 nitrogen and oxygen atoms in total. The number of rotatable bonds is 4. The molecule has 4 rings (SSSR count). The van der Waals surface area contributed by atoms with Crippen LogP contribution >= 0.6 is 0 Å². The third-order valence-corrected chi connectivity index (χ3v) is 5.97. The van der Waals surface area contributed by atoms with Crippen molar-refractivity contribution in [2.45, 2.75) is 36.8 Å². The summed E-state index contributed by atoms with van der Waals surface area (Å²) in [6.45, 7) is 5.56. The first-order valence-electron chi connectivity index (χ1n) is 11.7. The van der Waals surface area contributed by atoms with Gasteiger partial charge in [-0.3, -0.25) is 19.4 Å². The van der Waals surface area contributed by atoms with Crippen molar-refractivity contribution in [1.82, 2.24) is 14.9 Å². The van der Waals surface area contributed by atoms with Crippen molar-refractivity contribution < 1.29 is 60.5 Å². The molecule has 1 atom stereocenters. The minimum absolute atomic E-state index is 0.0371. The van der Waals surface area contributed by atoms with Gasteiger partial charge in [-0.15, -0.1) is 0 Å². The lowest BCUT2D eigenvalue weighted by Crippen LogP contribution is -2.72. The normalized spacial score (nSPS) is 21.2. The monoisotopic (exact) mass is 573 g/mol. The number of halogens is 6. The lowest BCUT2D eigenvalue weighted by atomic mass is 9.90. The fourth-order valence-electron chi connectivity index (χ4n) is 4.09. The third kappa shape index (κ3) is 9.94. The molecule has 3 aliphatic rings. The highest BCUT2D eigenvalue weighted by Crippen LogP contribution is 2.31. The number of aliphatic carboxylic acids is 2. The number of hydroxylamine groups is 2. The predicted octanol–water partition coefficient (Wildman–Crippen LogP) is 2.04. The van der Waals surface area contributed by atoms with Crippen LogP contribution in [0.25, 0.3) is 0 Å². The summed E-state index contributed by atoms with van der Waals surface area (Å²) in [5.41, 5.74) is 1.27. The number of ether oxygens (including phenoxy) is 1. The molecule has 0 radical (unpaired) electrons. The molecule has 1 amide bonds. The number of amides is 1. The van der Waals surface area contributed by atoms with Crippen LogP contribution < -0.4 is 0 Å². The highest BCUT2D eigenvalue weighted by atomic mass is 19.4. The lowest BCUT2D eigenvalue weighted by Gasteiger charge is -2.55. The first-order chi connectivity index (χ1) is 18.0. The van der Waals surface area contributed by atoms with Crippen LogP contribution in [0.1, 0.15) is 12.0 Å². The molecule has 3 heterocycles. The number of benzene rings is 1. The van der Waals surface area contributed by atoms with Gasteiger partial charge in [0.05, 0.1) is 19.8 Å². The number of carbonyl (C=O) groups excluding carboxylic acids is 1. The largest absolute Gasteiger partial charge is 0.490 e. The molecule has 3 aliphatic heterocycles. The number of likely N-dealkylation sites (tertiary alicyclic amines) is 1. The Labute approximate surface area is 219 Å². The van der Waals surface area contributed by atoms with Crippen LogP contribution in [0.2, 0.25) is 0 Å². The SMILES string of the molecule is CN1CC2(CN(CCc3ccccc3)C2)OCC1C(=O)N1CCCO1.O=C(O)C(F)(F)F.O=C(O)C(F)(F)F. The van der Waals surface area contributed by atoms with Crippen LogP contribution in [0.4, 0.5) is 26.3 Å². The van der Waals surface area contributed by atoms with E-state index in [0.29, 0.717) is 19.8 Å². The molecule has 0 aromatic heterocycles. The van der Waals surface area contributed by atoms with Gasteiger partial charge in [-0.25, -0.2) is 14.7 Å². The number of carboxylic acids is 2. The van der Waals surface area contributed by atoms with Crippen molar-refractivity contribution in [2.75, 3.05) is 53.0 Å². The van der Waals surface area contributed by atoms with Crippen LogP contribution in [0, 0.1) is 0 Å². The Kier molecular flexibility index (Phi) is 11.1. The lowest BCUT2D eigenvalue weighted by molar-refractivity contribution is -0.211. The van der Waals surface area contributed by atoms with Gasteiger partial charge >= 0.3 is 24.3 Å². The van der Waals surface area contributed by atoms with E-state index in [9.17, 15) is 31.1 Å². The molecule has 0 saturated carbocycles. The van der Waals surface area contributed by atoms with Crippen LogP contribution in [-0.4, -0.2) is 120 Å². The summed E-state index contributed by atoms with van der Waals surface area (Å²) < 4.78 is 69.6. The van der Waals surface area contributed by atoms with Gasteiger partial charge in [-0.05, 0) is 25.5 Å². The maximum Gasteiger partial charge on any atom is 0.490 e. The van der Waals surface area contributed by atoms with E-state index in [1.165, 1.54) is 10.6 Å². The standard InChI is InChI=1S/C19H27N3O3.2C2HF3O2/c1-20-13-19(24-12-17(20)18(23)22-9-5-11-25-22)14-21(15-19)10-8-16-6-3-2-4-7-16;2*3-2(4,5)1(6)7/h2-4,6-7,17H,5,8-15H2,1H3;2*(H,6,7). The highest BCUT2D eigenvalue weighted by Gasteiger charge is 2.50. The molecule has 1 aromatic rings. The summed E-state index contributed by atoms with van der Waals surface area (Å²) >= 11 is 0. The Hall–Kier alpha value is -2.95. The number of morpholine rings is 1. The molecule has 1 unspecified atom stereocenters. The minimum Gasteiger partial charge on any atom is -0.475 e. The molecule has 2 N–H and O–H groups in total. The first kappa shape index (κ1) is 32.3. The Bertz CT molecular complexity index is 941. The van der Waals surface area contributed by atoms with Crippen molar-refractivity contribution in [2.24, 2.45) is 0 Å². The van der Waals surface area contributed by atoms with Gasteiger partial charge in [0, 0.05) is 26.2 Å². The number of alkyl halides is 6. The quantitative estimate of drug-likeness (QED) is 0.522. The zero-order chi connectivity index (χ0) is 29.4. The number of carbonyl (C=O) groups is 3. The summed E-state index contributed by atoms with van der Waals surface area (Å²) in [5.74, 6) is -5.48. The van der Waals surface area contributed by atoms with Gasteiger partial charge in [-0.1, -0.05) is 30.3 Å². The average molecular weight is 573 g/mol. The molecule has 1 aromatic carbocycles. The van der Waals surface area contributed by atoms with E-state index in [4.69, 9.17) is 29.4 Å². The second-order valence-electron chi connectivity index (χ2n) is 9.10. The topological polar surface area (TPSA) is 120 Å². The van der Waals surface area contributed by atoms with Crippen LogP contribution in [-0.2, 0) is 30.4 Å². The second kappa shape index (κ2) is 13.4. The summed E-state index contributed by atoms with van der Waals surface area (Å²) in [4.78, 5) is 40.3. The zero-order valence-electron chi connectivity index (χ0n) is 20.9. The van der Waals surface area contributed by atoms with Gasteiger partial charge in [0.25, 0.3) is 5.91 Å². The smallest absolute Gasteiger partial charge is 0.475 e. The zero-order valence-corrected chi connectivity index (χ0v) is 20.9. The first-order valence-corrected chi connectivity index (χ1v) is 11.7. The Morgan fingerprint density at radius 3 is 1.95 bits per heavy atom. The van der Waals surface area contributed by atoms with E-state index < -0.39 is 24.3 Å². The summed E-state index contributed by atoms with van der Waals surface area (Å²) in [7, 11) is 2.02. The van der Waals surface area contributed by atoms with Crippen molar-refractivity contribution in [3.8, 4) is 0 Å². The van der Waals surface area contributed by atoms with Crippen molar-refractivity contribution in [3.63, 3.8) is 0 Å². The Balaban J connectivity index is 0.000000317. The van der Waals surface area contributed by atoms with Crippen molar-refractivity contribution in [3.05, 3.63) is 35.9 Å². The molecule has 1 spiro atoms. The molecule has 16 heteroatoms. The summed E-state index contributed by atoms with van der Waals surface area (Å²) in [5, 5.41) is 15.8. The highest BCUT2D eigenvalue weighted by molar-refractivity contribution is 5.81. The molecule has 3 fully saturated rings. The molecule has 220 valence electrons. The van der Waals surface area contributed by atoms with E-state index in [1.807, 2.05) is 7.05 Å². The number of hydrogen-bond donors (Lipinski definition) is 2. The van der Waals surface area contributed by atoms with Gasteiger partial charge < -0.3 is 14.9 Å². The van der Waals surface area contributed by atoms with Crippen LogP contribution in [0.5, 0.6) is 0 Å². The molecule has 0 aliphatic carbocycles. The third-order valence-electron chi connectivity index (χ3n) is 5.97. The average Bonchev–Trinajstić information content (AvgIpc) is 3.36. The molecule has 0 bridgehead atoms. The van der Waals surface area contributed by atoms with E-state index in [0.717, 1.165) is 39.0 Å². The molecule has 3 saturated heterocycles. The molecular weight excluding hydrogens is 544 g/mol. The number of hydrogen-bond acceptors (Lipinski definition) is 7.